The predicted molar refractivity (Wildman–Crippen MR) is 111 cm³/mol. The second kappa shape index (κ2) is 9.73. The first kappa shape index (κ1) is 22.5. The van der Waals surface area contributed by atoms with E-state index in [1.807, 2.05) is 0 Å². The summed E-state index contributed by atoms with van der Waals surface area (Å²) in [5.41, 5.74) is -0.600. The molecule has 29 heavy (non-hydrogen) atoms. The van der Waals surface area contributed by atoms with Crippen molar-refractivity contribution in [1.82, 2.24) is 10.6 Å². The van der Waals surface area contributed by atoms with E-state index in [-0.39, 0.29) is 16.7 Å². The summed E-state index contributed by atoms with van der Waals surface area (Å²) in [5, 5.41) is 6.50. The Kier molecular flexibility index (Phi) is 7.54. The number of hydrogen-bond acceptors (Lipinski definition) is 3. The molecule has 3 nitrogen and oxygen atoms in total. The van der Waals surface area contributed by atoms with Gasteiger partial charge in [-0.15, -0.1) is 11.8 Å². The van der Waals surface area contributed by atoms with Crippen LogP contribution in [-0.2, 0) is 11.0 Å². The molecule has 0 bridgehead atoms. The molecule has 0 aromatic heterocycles. The number of alkyl halides is 3. The predicted octanol–water partition coefficient (Wildman–Crippen LogP) is 5.54. The van der Waals surface area contributed by atoms with Gasteiger partial charge in [-0.1, -0.05) is 32.3 Å². The molecule has 0 radical (unpaired) electrons. The Morgan fingerprint density at radius 2 is 1.79 bits per heavy atom. The molecular weight excluding hydrogens is 397 g/mol. The van der Waals surface area contributed by atoms with Gasteiger partial charge in [0.2, 0.25) is 5.91 Å². The van der Waals surface area contributed by atoms with Crippen LogP contribution in [0.3, 0.4) is 0 Å². The van der Waals surface area contributed by atoms with Crippen LogP contribution in [-0.4, -0.2) is 29.3 Å². The second-order valence-electron chi connectivity index (χ2n) is 8.64. The Labute approximate surface area is 175 Å². The minimum Gasteiger partial charge on any atom is -0.352 e. The largest absolute Gasteiger partial charge is 0.416 e. The van der Waals surface area contributed by atoms with Crippen LogP contribution in [0.15, 0.2) is 29.2 Å². The molecule has 3 rings (SSSR count). The summed E-state index contributed by atoms with van der Waals surface area (Å²) in [4.78, 5) is 12.9. The quantitative estimate of drug-likeness (QED) is 0.625. The summed E-state index contributed by atoms with van der Waals surface area (Å²) in [6.45, 7) is 2.48. The van der Waals surface area contributed by atoms with Gasteiger partial charge in [0, 0.05) is 21.7 Å². The van der Waals surface area contributed by atoms with Crippen molar-refractivity contribution in [3.05, 3.63) is 29.8 Å². The first-order valence-electron chi connectivity index (χ1n) is 10.6. The lowest BCUT2D eigenvalue weighted by atomic mass is 9.86. The minimum absolute atomic E-state index is 0.0507. The van der Waals surface area contributed by atoms with Crippen molar-refractivity contribution in [3.8, 4) is 0 Å². The van der Waals surface area contributed by atoms with E-state index in [2.05, 4.69) is 17.6 Å². The molecule has 2 aliphatic carbocycles. The number of carbonyl (C=O) groups is 1. The minimum atomic E-state index is -4.31. The number of hydrogen-bond donors (Lipinski definition) is 2. The van der Waals surface area contributed by atoms with Crippen LogP contribution in [0.4, 0.5) is 13.2 Å². The van der Waals surface area contributed by atoms with Crippen LogP contribution in [0.2, 0.25) is 0 Å². The highest BCUT2D eigenvalue weighted by Gasteiger charge is 2.34. The van der Waals surface area contributed by atoms with Crippen LogP contribution in [0.25, 0.3) is 0 Å². The zero-order valence-corrected chi connectivity index (χ0v) is 17.8. The highest BCUT2D eigenvalue weighted by molar-refractivity contribution is 8.00. The van der Waals surface area contributed by atoms with Crippen molar-refractivity contribution < 1.29 is 18.0 Å². The Bertz CT molecular complexity index is 681. The maximum Gasteiger partial charge on any atom is 0.416 e. The number of carbonyl (C=O) groups excluding carboxylic acids is 1. The molecule has 2 N–H and O–H groups in total. The molecule has 1 amide bonds. The van der Waals surface area contributed by atoms with Gasteiger partial charge in [0.05, 0.1) is 12.1 Å². The van der Waals surface area contributed by atoms with E-state index in [1.165, 1.54) is 43.2 Å². The van der Waals surface area contributed by atoms with Gasteiger partial charge in [0.15, 0.2) is 0 Å². The van der Waals surface area contributed by atoms with Crippen LogP contribution in [0, 0.1) is 0 Å². The number of amides is 1. The fourth-order valence-electron chi connectivity index (χ4n) is 4.32. The van der Waals surface area contributed by atoms with E-state index in [9.17, 15) is 18.0 Å². The van der Waals surface area contributed by atoms with Gasteiger partial charge in [0.1, 0.15) is 0 Å². The molecule has 0 atom stereocenters. The van der Waals surface area contributed by atoms with Crippen LogP contribution < -0.4 is 10.6 Å². The molecule has 162 valence electrons. The van der Waals surface area contributed by atoms with E-state index >= 15 is 0 Å². The molecule has 2 saturated carbocycles. The van der Waals surface area contributed by atoms with Crippen molar-refractivity contribution >= 4 is 17.7 Å². The van der Waals surface area contributed by atoms with Gasteiger partial charge in [-0.05, 0) is 56.7 Å². The summed E-state index contributed by atoms with van der Waals surface area (Å²) in [7, 11) is 0. The number of halogens is 3. The highest BCUT2D eigenvalue weighted by Crippen LogP contribution is 2.44. The van der Waals surface area contributed by atoms with Crippen molar-refractivity contribution in [3.63, 3.8) is 0 Å². The molecule has 2 aliphatic rings. The van der Waals surface area contributed by atoms with Crippen LogP contribution in [0.1, 0.15) is 70.3 Å². The van der Waals surface area contributed by atoms with E-state index in [1.54, 1.807) is 6.07 Å². The molecule has 0 heterocycles. The smallest absolute Gasteiger partial charge is 0.352 e. The summed E-state index contributed by atoms with van der Waals surface area (Å²) in [6.07, 6.45) is 5.23. The first-order chi connectivity index (χ1) is 13.7. The van der Waals surface area contributed by atoms with Crippen molar-refractivity contribution in [2.24, 2.45) is 0 Å². The number of nitrogens with one attached hydrogen (secondary N) is 2. The topological polar surface area (TPSA) is 41.1 Å². The fourth-order valence-corrected chi connectivity index (χ4v) is 5.66. The molecule has 0 saturated heterocycles. The highest BCUT2D eigenvalue weighted by atomic mass is 32.2. The van der Waals surface area contributed by atoms with E-state index < -0.39 is 11.7 Å². The standard InChI is InChI=1S/C22H31F3N2OS/c1-21(29-19-9-5-6-16(14-19)22(23,24)25)12-10-18(11-13-21)27-20(28)15-26-17-7-3-2-4-8-17/h5-6,9,14,17-18,26H,2-4,7-8,10-13,15H2,1H3,(H,27,28). The summed E-state index contributed by atoms with van der Waals surface area (Å²) < 4.78 is 38.7. The number of benzene rings is 1. The maximum atomic E-state index is 12.9. The van der Waals surface area contributed by atoms with Gasteiger partial charge in [-0.2, -0.15) is 13.2 Å². The zero-order chi connectivity index (χ0) is 20.9. The summed E-state index contributed by atoms with van der Waals surface area (Å²) in [6, 6.07) is 6.19. The van der Waals surface area contributed by atoms with Gasteiger partial charge in [-0.3, -0.25) is 4.79 Å². The Balaban J connectivity index is 1.43. The maximum absolute atomic E-state index is 12.9. The van der Waals surface area contributed by atoms with Crippen LogP contribution >= 0.6 is 11.8 Å². The number of rotatable bonds is 6. The third kappa shape index (κ3) is 6.92. The lowest BCUT2D eigenvalue weighted by molar-refractivity contribution is -0.137. The first-order valence-corrected chi connectivity index (χ1v) is 11.4. The van der Waals surface area contributed by atoms with Crippen molar-refractivity contribution in [1.29, 1.82) is 0 Å². The lowest BCUT2D eigenvalue weighted by Crippen LogP contribution is -2.46. The van der Waals surface area contributed by atoms with Gasteiger partial charge in [-0.25, -0.2) is 0 Å². The van der Waals surface area contributed by atoms with Gasteiger partial charge < -0.3 is 10.6 Å². The molecular formula is C22H31F3N2OS. The van der Waals surface area contributed by atoms with E-state index in [0.717, 1.165) is 44.6 Å². The van der Waals surface area contributed by atoms with Crippen LogP contribution in [0.5, 0.6) is 0 Å². The average Bonchev–Trinajstić information content (AvgIpc) is 2.69. The molecule has 7 heteroatoms. The monoisotopic (exact) mass is 428 g/mol. The average molecular weight is 429 g/mol. The molecule has 0 aliphatic heterocycles. The fraction of sp³-hybridized carbons (Fsp3) is 0.682. The number of thioether (sulfide) groups is 1. The third-order valence-corrected chi connectivity index (χ3v) is 7.48. The van der Waals surface area contributed by atoms with Gasteiger partial charge in [0.25, 0.3) is 0 Å². The van der Waals surface area contributed by atoms with E-state index in [4.69, 9.17) is 0 Å². The SMILES string of the molecule is CC1(Sc2cccc(C(F)(F)F)c2)CCC(NC(=O)CNC2CCCCC2)CC1. The molecule has 1 aromatic carbocycles. The Morgan fingerprint density at radius 1 is 1.10 bits per heavy atom. The van der Waals surface area contributed by atoms with E-state index in [0.29, 0.717) is 17.5 Å². The van der Waals surface area contributed by atoms with Gasteiger partial charge >= 0.3 is 6.18 Å². The molecule has 2 fully saturated rings. The molecule has 0 spiro atoms. The normalized spacial score (nSPS) is 26.3. The summed E-state index contributed by atoms with van der Waals surface area (Å²) >= 11 is 1.52. The molecule has 1 aromatic rings. The lowest BCUT2D eigenvalue weighted by Gasteiger charge is -2.37. The zero-order valence-electron chi connectivity index (χ0n) is 17.0. The van der Waals surface area contributed by atoms with Crippen molar-refractivity contribution in [2.75, 3.05) is 6.54 Å². The third-order valence-electron chi connectivity index (χ3n) is 6.09. The van der Waals surface area contributed by atoms with Crippen molar-refractivity contribution in [2.45, 2.75) is 92.6 Å². The Morgan fingerprint density at radius 3 is 2.45 bits per heavy atom. The Hall–Kier alpha value is -1.21. The summed E-state index contributed by atoms with van der Waals surface area (Å²) in [5.74, 6) is 0.0507. The molecule has 0 unspecified atom stereocenters. The second-order valence-corrected chi connectivity index (χ2v) is 10.3.